The molecule has 0 fully saturated rings. The van der Waals surface area contributed by atoms with Crippen LogP contribution in [0.3, 0.4) is 0 Å². The molecule has 9 heteroatoms. The molecular weight excluding hydrogens is 504 g/mol. The summed E-state index contributed by atoms with van der Waals surface area (Å²) in [4.78, 5) is 40.5. The largest absolute Gasteiger partial charge is 0.459 e. The third-order valence-electron chi connectivity index (χ3n) is 5.55. The maximum absolute atomic E-state index is 13.7. The van der Waals surface area contributed by atoms with Gasteiger partial charge in [-0.25, -0.2) is 9.59 Å². The van der Waals surface area contributed by atoms with Gasteiger partial charge in [-0.2, -0.15) is 0 Å². The van der Waals surface area contributed by atoms with E-state index in [9.17, 15) is 14.4 Å². The summed E-state index contributed by atoms with van der Waals surface area (Å²) in [7, 11) is 0. The molecule has 2 aliphatic heterocycles. The van der Waals surface area contributed by atoms with Crippen molar-refractivity contribution in [2.45, 2.75) is 38.9 Å². The van der Waals surface area contributed by atoms with Crippen molar-refractivity contribution < 1.29 is 28.6 Å². The first-order valence-corrected chi connectivity index (χ1v) is 11.4. The van der Waals surface area contributed by atoms with E-state index in [4.69, 9.17) is 19.9 Å². The molecule has 2 heterocycles. The summed E-state index contributed by atoms with van der Waals surface area (Å²) < 4.78 is 17.2. The normalized spacial score (nSPS) is 19.1. The summed E-state index contributed by atoms with van der Waals surface area (Å²) in [6.07, 6.45) is -0.503. The van der Waals surface area contributed by atoms with Crippen LogP contribution in [0.5, 0.6) is 0 Å². The van der Waals surface area contributed by atoms with E-state index in [1.54, 1.807) is 44.2 Å². The molecule has 0 aromatic heterocycles. The minimum Gasteiger partial charge on any atom is -0.459 e. The van der Waals surface area contributed by atoms with Crippen molar-refractivity contribution in [2.24, 2.45) is 5.73 Å². The first kappa shape index (κ1) is 23.6. The van der Waals surface area contributed by atoms with Gasteiger partial charge in [0.05, 0.1) is 6.10 Å². The number of carbonyl (C=O) groups excluding carboxylic acids is 3. The standard InChI is InChI=1S/C25H23BrN2O6/c1-13(2)33-23(30)20-21(27)34-14(3)19(22(29)32-12-15-7-5-4-6-8-15)25(20)17-11-16(26)9-10-18(17)28-24(25)31/h4-11,13H,12,27H2,1-3H3,(H,28,31)/t25-/m0/s1. The lowest BCUT2D eigenvalue weighted by atomic mass is 9.67. The summed E-state index contributed by atoms with van der Waals surface area (Å²) in [5, 5.41) is 2.77. The van der Waals surface area contributed by atoms with Crippen molar-refractivity contribution in [1.29, 1.82) is 0 Å². The number of halogens is 1. The fourth-order valence-electron chi connectivity index (χ4n) is 4.23. The van der Waals surface area contributed by atoms with E-state index >= 15 is 0 Å². The first-order chi connectivity index (χ1) is 16.2. The van der Waals surface area contributed by atoms with Gasteiger partial charge in [0.2, 0.25) is 11.8 Å². The van der Waals surface area contributed by atoms with Gasteiger partial charge in [-0.1, -0.05) is 46.3 Å². The number of amides is 1. The molecule has 1 amide bonds. The Morgan fingerprint density at radius 1 is 1.12 bits per heavy atom. The molecule has 34 heavy (non-hydrogen) atoms. The Morgan fingerprint density at radius 2 is 1.82 bits per heavy atom. The number of nitrogens with two attached hydrogens (primary N) is 1. The molecule has 0 radical (unpaired) electrons. The fraction of sp³-hybridized carbons (Fsp3) is 0.240. The monoisotopic (exact) mass is 526 g/mol. The highest BCUT2D eigenvalue weighted by atomic mass is 79.9. The van der Waals surface area contributed by atoms with E-state index in [1.807, 2.05) is 18.2 Å². The van der Waals surface area contributed by atoms with Crippen LogP contribution < -0.4 is 11.1 Å². The average Bonchev–Trinajstić information content (AvgIpc) is 3.03. The Morgan fingerprint density at radius 3 is 2.50 bits per heavy atom. The average molecular weight is 527 g/mol. The third-order valence-corrected chi connectivity index (χ3v) is 6.04. The molecule has 1 spiro atoms. The smallest absolute Gasteiger partial charge is 0.341 e. The first-order valence-electron chi connectivity index (χ1n) is 10.6. The number of carbonyl (C=O) groups is 3. The second-order valence-electron chi connectivity index (χ2n) is 8.18. The maximum Gasteiger partial charge on any atom is 0.341 e. The van der Waals surface area contributed by atoms with Gasteiger partial charge in [-0.05, 0) is 44.5 Å². The molecule has 1 atom stereocenters. The molecule has 0 saturated carbocycles. The molecule has 4 rings (SSSR count). The van der Waals surface area contributed by atoms with Gasteiger partial charge >= 0.3 is 11.9 Å². The minimum absolute atomic E-state index is 0.0372. The topological polar surface area (TPSA) is 117 Å². The van der Waals surface area contributed by atoms with Crippen molar-refractivity contribution in [1.82, 2.24) is 0 Å². The summed E-state index contributed by atoms with van der Waals surface area (Å²) in [5.41, 5.74) is 5.39. The predicted molar refractivity (Wildman–Crippen MR) is 127 cm³/mol. The van der Waals surface area contributed by atoms with Crippen molar-refractivity contribution in [3.63, 3.8) is 0 Å². The Kier molecular flexibility index (Phi) is 6.22. The van der Waals surface area contributed by atoms with Crippen molar-refractivity contribution >= 4 is 39.5 Å². The molecule has 0 aliphatic carbocycles. The van der Waals surface area contributed by atoms with Gasteiger partial charge in [0.1, 0.15) is 28.9 Å². The zero-order chi connectivity index (χ0) is 24.6. The van der Waals surface area contributed by atoms with Crippen molar-refractivity contribution in [3.05, 3.63) is 86.9 Å². The molecule has 0 unspecified atom stereocenters. The summed E-state index contributed by atoms with van der Waals surface area (Å²) in [6.45, 7) is 4.80. The molecular formula is C25H23BrN2O6. The Balaban J connectivity index is 1.89. The number of nitrogens with one attached hydrogen (secondary N) is 1. The fourth-order valence-corrected chi connectivity index (χ4v) is 4.59. The number of ether oxygens (including phenoxy) is 3. The van der Waals surface area contributed by atoms with Crippen LogP contribution in [0.1, 0.15) is 31.9 Å². The minimum atomic E-state index is -1.91. The highest BCUT2D eigenvalue weighted by Crippen LogP contribution is 2.53. The highest BCUT2D eigenvalue weighted by molar-refractivity contribution is 9.10. The Bertz CT molecular complexity index is 1250. The quantitative estimate of drug-likeness (QED) is 0.568. The molecule has 2 aliphatic rings. The zero-order valence-electron chi connectivity index (χ0n) is 18.8. The molecule has 2 aromatic carbocycles. The van der Waals surface area contributed by atoms with Crippen LogP contribution in [-0.2, 0) is 40.6 Å². The lowest BCUT2D eigenvalue weighted by Crippen LogP contribution is -2.48. The van der Waals surface area contributed by atoms with Crippen LogP contribution in [-0.4, -0.2) is 23.9 Å². The lowest BCUT2D eigenvalue weighted by molar-refractivity contribution is -0.146. The lowest BCUT2D eigenvalue weighted by Gasteiger charge is -2.35. The second kappa shape index (κ2) is 8.98. The van der Waals surface area contributed by atoms with E-state index in [0.717, 1.165) is 5.56 Å². The summed E-state index contributed by atoms with van der Waals surface area (Å²) >= 11 is 3.41. The van der Waals surface area contributed by atoms with Gasteiger partial charge in [0.15, 0.2) is 0 Å². The number of allylic oxidation sites excluding steroid dienone is 1. The van der Waals surface area contributed by atoms with E-state index in [0.29, 0.717) is 15.7 Å². The van der Waals surface area contributed by atoms with E-state index < -0.39 is 29.4 Å². The second-order valence-corrected chi connectivity index (χ2v) is 9.10. The van der Waals surface area contributed by atoms with Crippen LogP contribution in [0, 0.1) is 0 Å². The highest BCUT2D eigenvalue weighted by Gasteiger charge is 2.62. The van der Waals surface area contributed by atoms with Crippen LogP contribution in [0.15, 0.2) is 75.8 Å². The number of hydrogen-bond acceptors (Lipinski definition) is 7. The molecule has 176 valence electrons. The van der Waals surface area contributed by atoms with E-state index in [-0.39, 0.29) is 29.4 Å². The number of esters is 2. The predicted octanol–water partition coefficient (Wildman–Crippen LogP) is 3.81. The summed E-state index contributed by atoms with van der Waals surface area (Å²) in [6, 6.07) is 14.2. The summed E-state index contributed by atoms with van der Waals surface area (Å²) in [5.74, 6) is -2.57. The van der Waals surface area contributed by atoms with Crippen molar-refractivity contribution in [3.8, 4) is 0 Å². The molecule has 3 N–H and O–H groups in total. The zero-order valence-corrected chi connectivity index (χ0v) is 20.4. The van der Waals surface area contributed by atoms with E-state index in [2.05, 4.69) is 21.2 Å². The van der Waals surface area contributed by atoms with E-state index in [1.165, 1.54) is 6.92 Å². The van der Waals surface area contributed by atoms with Crippen molar-refractivity contribution in [2.75, 3.05) is 5.32 Å². The molecule has 2 aromatic rings. The molecule has 0 saturated heterocycles. The van der Waals surface area contributed by atoms with Gasteiger partial charge in [0, 0.05) is 15.7 Å². The van der Waals surface area contributed by atoms with Crippen LogP contribution in [0.4, 0.5) is 5.69 Å². The van der Waals surface area contributed by atoms with Gasteiger partial charge in [-0.3, -0.25) is 4.79 Å². The van der Waals surface area contributed by atoms with Gasteiger partial charge in [0.25, 0.3) is 0 Å². The third kappa shape index (κ3) is 3.86. The molecule has 0 bridgehead atoms. The number of fused-ring (bicyclic) bond motifs is 2. The van der Waals surface area contributed by atoms with Crippen LogP contribution in [0.2, 0.25) is 0 Å². The Labute approximate surface area is 204 Å². The number of benzene rings is 2. The maximum atomic E-state index is 13.7. The van der Waals surface area contributed by atoms with Gasteiger partial charge < -0.3 is 25.3 Å². The van der Waals surface area contributed by atoms with Gasteiger partial charge in [-0.15, -0.1) is 0 Å². The number of rotatable bonds is 5. The Hall–Kier alpha value is -3.59. The molecule has 8 nitrogen and oxygen atoms in total. The number of anilines is 1. The van der Waals surface area contributed by atoms with Crippen LogP contribution >= 0.6 is 15.9 Å². The number of hydrogen-bond donors (Lipinski definition) is 2. The SMILES string of the molecule is CC1=C(C(=O)OCc2ccccc2)[C@]2(C(=O)Nc3ccc(Br)cc32)C(C(=O)OC(C)C)=C(N)O1. The van der Waals surface area contributed by atoms with Crippen LogP contribution in [0.25, 0.3) is 0 Å².